The van der Waals surface area contributed by atoms with Crippen molar-refractivity contribution in [2.45, 2.75) is 52.0 Å². The Morgan fingerprint density at radius 3 is 2.96 bits per heavy atom. The van der Waals surface area contributed by atoms with E-state index in [1.807, 2.05) is 11.3 Å². The summed E-state index contributed by atoms with van der Waals surface area (Å²) in [5.74, 6) is 1.77. The second-order valence-corrected chi connectivity index (χ2v) is 7.96. The normalized spacial score (nSPS) is 17.7. The molecule has 1 fully saturated rings. The van der Waals surface area contributed by atoms with Crippen molar-refractivity contribution >= 4 is 17.3 Å². The summed E-state index contributed by atoms with van der Waals surface area (Å²) < 4.78 is 5.68. The molecule has 0 bridgehead atoms. The summed E-state index contributed by atoms with van der Waals surface area (Å²) in [5.41, 5.74) is 1.34. The Morgan fingerprint density at radius 2 is 2.21 bits per heavy atom. The third-order valence-corrected chi connectivity index (χ3v) is 5.65. The molecule has 1 N–H and O–H groups in total. The van der Waals surface area contributed by atoms with Crippen LogP contribution in [0.15, 0.2) is 4.99 Å². The predicted molar refractivity (Wildman–Crippen MR) is 99.7 cm³/mol. The van der Waals surface area contributed by atoms with E-state index in [0.717, 1.165) is 38.0 Å². The fraction of sp³-hybridized carbons (Fsp3) is 0.778. The van der Waals surface area contributed by atoms with Crippen molar-refractivity contribution in [3.05, 3.63) is 15.6 Å². The Balaban J connectivity index is 1.50. The molecular formula is C18H30N4OS. The molecule has 0 aromatic carbocycles. The van der Waals surface area contributed by atoms with Crippen LogP contribution in [-0.4, -0.2) is 49.2 Å². The molecule has 1 saturated carbocycles. The summed E-state index contributed by atoms with van der Waals surface area (Å²) in [6.07, 6.45) is 7.65. The number of ether oxygens (including phenoxy) is 1. The van der Waals surface area contributed by atoms with Crippen LogP contribution in [0.4, 0.5) is 0 Å². The van der Waals surface area contributed by atoms with Crippen LogP contribution in [0.1, 0.15) is 48.2 Å². The zero-order valence-corrected chi connectivity index (χ0v) is 15.8. The maximum absolute atomic E-state index is 5.68. The van der Waals surface area contributed by atoms with Crippen LogP contribution in [0, 0.1) is 5.92 Å². The average molecular weight is 351 g/mol. The van der Waals surface area contributed by atoms with Gasteiger partial charge < -0.3 is 15.0 Å². The number of thiazole rings is 1. The summed E-state index contributed by atoms with van der Waals surface area (Å²) in [4.78, 5) is 13.2. The fourth-order valence-electron chi connectivity index (χ4n) is 2.97. The van der Waals surface area contributed by atoms with Crippen molar-refractivity contribution in [2.75, 3.05) is 33.4 Å². The lowest BCUT2D eigenvalue weighted by molar-refractivity contribution is 0.131. The van der Waals surface area contributed by atoms with E-state index in [4.69, 9.17) is 14.7 Å². The minimum atomic E-state index is 0.713. The van der Waals surface area contributed by atoms with E-state index in [-0.39, 0.29) is 0 Å². The number of aliphatic imine (C=N–C) groups is 1. The second-order valence-electron chi connectivity index (χ2n) is 6.79. The van der Waals surface area contributed by atoms with Gasteiger partial charge in [-0.15, -0.1) is 11.3 Å². The highest BCUT2D eigenvalue weighted by molar-refractivity contribution is 7.11. The van der Waals surface area contributed by atoms with Gasteiger partial charge in [0.25, 0.3) is 0 Å². The Kier molecular flexibility index (Phi) is 6.49. The smallest absolute Gasteiger partial charge is 0.194 e. The predicted octanol–water partition coefficient (Wildman–Crippen LogP) is 2.85. The van der Waals surface area contributed by atoms with Crippen molar-refractivity contribution in [3.63, 3.8) is 0 Å². The Morgan fingerprint density at radius 1 is 1.38 bits per heavy atom. The van der Waals surface area contributed by atoms with Crippen LogP contribution in [0.5, 0.6) is 0 Å². The molecule has 2 aliphatic carbocycles. The summed E-state index contributed by atoms with van der Waals surface area (Å²) >= 11 is 1.88. The molecule has 24 heavy (non-hydrogen) atoms. The van der Waals surface area contributed by atoms with Gasteiger partial charge >= 0.3 is 0 Å². The first-order chi connectivity index (χ1) is 11.8. The third-order valence-electron chi connectivity index (χ3n) is 4.51. The minimum Gasteiger partial charge on any atom is -0.379 e. The van der Waals surface area contributed by atoms with Crippen LogP contribution < -0.4 is 5.32 Å². The van der Waals surface area contributed by atoms with E-state index in [9.17, 15) is 0 Å². The maximum Gasteiger partial charge on any atom is 0.194 e. The fourth-order valence-corrected chi connectivity index (χ4v) is 4.18. The number of hydrogen-bond acceptors (Lipinski definition) is 4. The van der Waals surface area contributed by atoms with E-state index in [2.05, 4.69) is 24.2 Å². The Bertz CT molecular complexity index is 530. The number of fused-ring (bicyclic) bond motifs is 1. The average Bonchev–Trinajstić information content (AvgIpc) is 3.31. The number of guanidine groups is 1. The van der Waals surface area contributed by atoms with Gasteiger partial charge in [0.1, 0.15) is 5.01 Å². The molecule has 0 spiro atoms. The van der Waals surface area contributed by atoms with Crippen molar-refractivity contribution < 1.29 is 4.74 Å². The van der Waals surface area contributed by atoms with Gasteiger partial charge in [0.15, 0.2) is 5.96 Å². The molecule has 1 aromatic rings. The van der Waals surface area contributed by atoms with E-state index in [1.165, 1.54) is 47.7 Å². The molecule has 3 rings (SSSR count). The maximum atomic E-state index is 5.68. The Labute approximate surface area is 149 Å². The van der Waals surface area contributed by atoms with Gasteiger partial charge in [-0.25, -0.2) is 4.98 Å². The third kappa shape index (κ3) is 5.18. The number of rotatable bonds is 8. The highest BCUT2D eigenvalue weighted by Crippen LogP contribution is 2.28. The first-order valence-corrected chi connectivity index (χ1v) is 10.1. The van der Waals surface area contributed by atoms with Crippen molar-refractivity contribution in [3.8, 4) is 0 Å². The van der Waals surface area contributed by atoms with Crippen LogP contribution in [0.25, 0.3) is 0 Å². The van der Waals surface area contributed by atoms with Gasteiger partial charge in [0, 0.05) is 25.1 Å². The highest BCUT2D eigenvalue weighted by Gasteiger charge is 2.21. The summed E-state index contributed by atoms with van der Waals surface area (Å²) in [6.45, 7) is 6.15. The SMILES string of the molecule is CCNC(=NCCOCC1CC1)N(C)Cc1nc2c(s1)CCCC2. The molecule has 0 radical (unpaired) electrons. The lowest BCUT2D eigenvalue weighted by atomic mass is 10.0. The van der Waals surface area contributed by atoms with E-state index in [1.54, 1.807) is 0 Å². The molecule has 0 saturated heterocycles. The van der Waals surface area contributed by atoms with Crippen LogP contribution in [0.2, 0.25) is 0 Å². The zero-order chi connectivity index (χ0) is 16.8. The highest BCUT2D eigenvalue weighted by atomic mass is 32.1. The monoisotopic (exact) mass is 350 g/mol. The molecule has 0 unspecified atom stereocenters. The molecule has 6 heteroatoms. The molecule has 134 valence electrons. The number of nitrogens with one attached hydrogen (secondary N) is 1. The van der Waals surface area contributed by atoms with Crippen molar-refractivity contribution in [1.29, 1.82) is 0 Å². The van der Waals surface area contributed by atoms with Gasteiger partial charge in [0.2, 0.25) is 0 Å². The summed E-state index contributed by atoms with van der Waals surface area (Å²) in [5, 5.41) is 4.58. The van der Waals surface area contributed by atoms with E-state index in [0.29, 0.717) is 13.2 Å². The first kappa shape index (κ1) is 17.7. The molecular weight excluding hydrogens is 320 g/mol. The lowest BCUT2D eigenvalue weighted by Crippen LogP contribution is -2.38. The largest absolute Gasteiger partial charge is 0.379 e. The number of aromatic nitrogens is 1. The van der Waals surface area contributed by atoms with Crippen LogP contribution >= 0.6 is 11.3 Å². The molecule has 1 heterocycles. The second kappa shape index (κ2) is 8.81. The van der Waals surface area contributed by atoms with E-state index < -0.39 is 0 Å². The zero-order valence-electron chi connectivity index (χ0n) is 15.0. The molecule has 1 aromatic heterocycles. The number of hydrogen-bond donors (Lipinski definition) is 1. The lowest BCUT2D eigenvalue weighted by Gasteiger charge is -2.21. The van der Waals surface area contributed by atoms with Crippen molar-refractivity contribution in [2.24, 2.45) is 10.9 Å². The Hall–Kier alpha value is -1.14. The van der Waals surface area contributed by atoms with Gasteiger partial charge in [-0.1, -0.05) is 0 Å². The van der Waals surface area contributed by atoms with Crippen LogP contribution in [0.3, 0.4) is 0 Å². The minimum absolute atomic E-state index is 0.713. The number of nitrogens with zero attached hydrogens (tertiary/aromatic N) is 3. The van der Waals surface area contributed by atoms with Crippen LogP contribution in [-0.2, 0) is 24.1 Å². The molecule has 0 aliphatic heterocycles. The standard InChI is InChI=1S/C18H30N4OS/c1-3-19-18(20-10-11-23-13-14-8-9-14)22(2)12-17-21-15-6-4-5-7-16(15)24-17/h14H,3-13H2,1-2H3,(H,19,20). The quantitative estimate of drug-likeness (QED) is 0.445. The molecule has 2 aliphatic rings. The molecule has 0 atom stereocenters. The summed E-state index contributed by atoms with van der Waals surface area (Å²) in [6, 6.07) is 0. The number of aryl methyl sites for hydroxylation is 2. The van der Waals surface area contributed by atoms with Gasteiger partial charge in [-0.05, 0) is 51.4 Å². The van der Waals surface area contributed by atoms with Gasteiger partial charge in [-0.3, -0.25) is 4.99 Å². The van der Waals surface area contributed by atoms with Gasteiger partial charge in [0.05, 0.1) is 25.4 Å². The van der Waals surface area contributed by atoms with Crippen molar-refractivity contribution in [1.82, 2.24) is 15.2 Å². The van der Waals surface area contributed by atoms with Gasteiger partial charge in [-0.2, -0.15) is 0 Å². The molecule has 0 amide bonds. The summed E-state index contributed by atoms with van der Waals surface area (Å²) in [7, 11) is 2.09. The molecule has 5 nitrogen and oxygen atoms in total. The first-order valence-electron chi connectivity index (χ1n) is 9.31. The topological polar surface area (TPSA) is 49.8 Å². The van der Waals surface area contributed by atoms with E-state index >= 15 is 0 Å².